The molecule has 43 heavy (non-hydrogen) atoms. The van der Waals surface area contributed by atoms with E-state index in [0.717, 1.165) is 55.4 Å². The van der Waals surface area contributed by atoms with E-state index in [1.165, 1.54) is 11.3 Å². The number of benzene rings is 1. The predicted molar refractivity (Wildman–Crippen MR) is 169 cm³/mol. The van der Waals surface area contributed by atoms with Crippen LogP contribution >= 0.6 is 11.3 Å². The van der Waals surface area contributed by atoms with Crippen LogP contribution in [0.5, 0.6) is 0 Å². The molecule has 1 saturated carbocycles. The summed E-state index contributed by atoms with van der Waals surface area (Å²) >= 11 is 1.44. The fourth-order valence-corrected chi connectivity index (χ4v) is 8.49. The summed E-state index contributed by atoms with van der Waals surface area (Å²) in [7, 11) is 0. The normalized spacial score (nSPS) is 29.4. The van der Waals surface area contributed by atoms with Gasteiger partial charge in [0.05, 0.1) is 31.6 Å². The Bertz CT molecular complexity index is 1300. The fourth-order valence-electron chi connectivity index (χ4n) is 7.43. The number of hydrogen-bond donors (Lipinski definition) is 4. The minimum atomic E-state index is -0.696. The molecule has 3 aliphatic rings. The number of carbonyl (C=O) groups is 2. The smallest absolute Gasteiger partial charge is 0.257 e. The second-order valence-corrected chi connectivity index (χ2v) is 15.2. The summed E-state index contributed by atoms with van der Waals surface area (Å²) < 4.78 is 5.43. The average Bonchev–Trinajstić information content (AvgIpc) is 3.38. The van der Waals surface area contributed by atoms with Gasteiger partial charge in [-0.05, 0) is 53.7 Å². The zero-order chi connectivity index (χ0) is 31.0. The molecule has 2 heterocycles. The van der Waals surface area contributed by atoms with Crippen LogP contribution in [0.2, 0.25) is 0 Å². The quantitative estimate of drug-likeness (QED) is 0.356. The molecule has 0 radical (unpaired) electrons. The lowest BCUT2D eigenvalue weighted by Gasteiger charge is -2.58. The van der Waals surface area contributed by atoms with Crippen LogP contribution in [-0.4, -0.2) is 84.0 Å². The molecule has 5 atom stereocenters. The van der Waals surface area contributed by atoms with Crippen molar-refractivity contribution in [1.82, 2.24) is 15.2 Å². The Labute approximate surface area is 259 Å². The van der Waals surface area contributed by atoms with Crippen LogP contribution in [0.3, 0.4) is 0 Å². The maximum Gasteiger partial charge on any atom is 0.257 e. The maximum atomic E-state index is 13.4. The molecular formula is C33H48N4O5S. The van der Waals surface area contributed by atoms with E-state index in [1.807, 2.05) is 31.2 Å². The molecule has 9 nitrogen and oxygen atoms in total. The third kappa shape index (κ3) is 6.54. The minimum Gasteiger partial charge on any atom is -0.396 e. The topological polar surface area (TPSA) is 124 Å². The third-order valence-corrected chi connectivity index (χ3v) is 11.4. The molecule has 1 aromatic heterocycles. The lowest BCUT2D eigenvalue weighted by Crippen LogP contribution is -2.57. The number of morpholine rings is 1. The Morgan fingerprint density at radius 3 is 2.51 bits per heavy atom. The fraction of sp³-hybridized carbons (Fsp3) is 0.667. The first-order chi connectivity index (χ1) is 20.3. The Morgan fingerprint density at radius 1 is 1.16 bits per heavy atom. The van der Waals surface area contributed by atoms with E-state index in [1.54, 1.807) is 0 Å². The number of ether oxygens (including phenoxy) is 1. The lowest BCUT2D eigenvalue weighted by molar-refractivity contribution is -0.144. The van der Waals surface area contributed by atoms with Crippen molar-refractivity contribution in [3.63, 3.8) is 0 Å². The Hall–Kier alpha value is -2.37. The van der Waals surface area contributed by atoms with Gasteiger partial charge in [-0.25, -0.2) is 4.98 Å². The molecule has 5 rings (SSSR count). The van der Waals surface area contributed by atoms with Crippen LogP contribution in [0.4, 0.5) is 5.13 Å². The van der Waals surface area contributed by atoms with Crippen LogP contribution in [0.25, 0.3) is 0 Å². The van der Waals surface area contributed by atoms with Crippen molar-refractivity contribution >= 4 is 28.3 Å². The first-order valence-electron chi connectivity index (χ1n) is 15.6. The van der Waals surface area contributed by atoms with Gasteiger partial charge in [0, 0.05) is 54.4 Å². The van der Waals surface area contributed by atoms with Crippen molar-refractivity contribution in [2.24, 2.45) is 16.7 Å². The first-order valence-corrected chi connectivity index (χ1v) is 16.4. The van der Waals surface area contributed by atoms with E-state index in [-0.39, 0.29) is 47.5 Å². The highest BCUT2D eigenvalue weighted by Crippen LogP contribution is 2.62. The van der Waals surface area contributed by atoms with Gasteiger partial charge in [-0.15, -0.1) is 11.3 Å². The SMILES string of the molecule is CC(C)(C)c1ccc(C(=O)Nc2nc3c(s2)C[C@@H]2[C@](C)(CO)[C@H](O)CC[C@@]2(C)[C@@H]3CC(=O)NCCN2CCOCC2)cc1. The number of fused-ring (bicyclic) bond motifs is 2. The number of anilines is 1. The van der Waals surface area contributed by atoms with Crippen LogP contribution < -0.4 is 10.6 Å². The molecule has 1 aliphatic heterocycles. The number of rotatable bonds is 8. The third-order valence-electron chi connectivity index (χ3n) is 10.4. The minimum absolute atomic E-state index is 0.00326. The molecule has 0 spiro atoms. The van der Waals surface area contributed by atoms with E-state index < -0.39 is 11.5 Å². The highest BCUT2D eigenvalue weighted by molar-refractivity contribution is 7.15. The summed E-state index contributed by atoms with van der Waals surface area (Å²) in [5.74, 6) is -0.485. The van der Waals surface area contributed by atoms with E-state index in [9.17, 15) is 19.8 Å². The van der Waals surface area contributed by atoms with Crippen LogP contribution in [0.15, 0.2) is 24.3 Å². The van der Waals surface area contributed by atoms with E-state index in [0.29, 0.717) is 30.1 Å². The van der Waals surface area contributed by atoms with Crippen LogP contribution in [-0.2, 0) is 21.4 Å². The summed E-state index contributed by atoms with van der Waals surface area (Å²) in [6.07, 6.45) is 1.59. The Morgan fingerprint density at radius 2 is 1.86 bits per heavy atom. The van der Waals surface area contributed by atoms with Gasteiger partial charge < -0.3 is 20.3 Å². The molecule has 1 saturated heterocycles. The van der Waals surface area contributed by atoms with Gasteiger partial charge in [0.1, 0.15) is 0 Å². The molecule has 4 N–H and O–H groups in total. The van der Waals surface area contributed by atoms with Crippen molar-refractivity contribution in [1.29, 1.82) is 0 Å². The van der Waals surface area contributed by atoms with Gasteiger partial charge in [0.2, 0.25) is 5.91 Å². The molecule has 2 aliphatic carbocycles. The van der Waals surface area contributed by atoms with Crippen LogP contribution in [0, 0.1) is 16.7 Å². The zero-order valence-electron chi connectivity index (χ0n) is 26.2. The van der Waals surface area contributed by atoms with Crippen molar-refractivity contribution in [2.75, 3.05) is 51.3 Å². The number of carbonyl (C=O) groups excluding carboxylic acids is 2. The predicted octanol–water partition coefficient (Wildman–Crippen LogP) is 3.95. The van der Waals surface area contributed by atoms with Gasteiger partial charge in [0.25, 0.3) is 5.91 Å². The van der Waals surface area contributed by atoms with Gasteiger partial charge in [-0.1, -0.05) is 46.8 Å². The van der Waals surface area contributed by atoms with Crippen molar-refractivity contribution in [2.45, 2.75) is 77.7 Å². The maximum absolute atomic E-state index is 13.4. The second-order valence-electron chi connectivity index (χ2n) is 14.2. The lowest BCUT2D eigenvalue weighted by atomic mass is 9.47. The molecule has 1 aromatic carbocycles. The highest BCUT2D eigenvalue weighted by Gasteiger charge is 2.59. The number of aliphatic hydroxyl groups excluding tert-OH is 2. The van der Waals surface area contributed by atoms with E-state index in [4.69, 9.17) is 9.72 Å². The summed E-state index contributed by atoms with van der Waals surface area (Å²) in [5, 5.41) is 28.2. The molecular weight excluding hydrogens is 564 g/mol. The molecule has 2 amide bonds. The Kier molecular flexibility index (Phi) is 9.35. The molecule has 10 heteroatoms. The highest BCUT2D eigenvalue weighted by atomic mass is 32.1. The molecule has 2 fully saturated rings. The number of thiazole rings is 1. The van der Waals surface area contributed by atoms with Gasteiger partial charge in [-0.3, -0.25) is 19.8 Å². The van der Waals surface area contributed by atoms with Crippen LogP contribution in [0.1, 0.15) is 86.3 Å². The summed E-state index contributed by atoms with van der Waals surface area (Å²) in [5.41, 5.74) is 1.54. The zero-order valence-corrected chi connectivity index (χ0v) is 27.1. The second kappa shape index (κ2) is 12.6. The number of nitrogens with one attached hydrogen (secondary N) is 2. The largest absolute Gasteiger partial charge is 0.396 e. The summed E-state index contributed by atoms with van der Waals surface area (Å²) in [6.45, 7) is 15.0. The number of hydrogen-bond acceptors (Lipinski definition) is 8. The Balaban J connectivity index is 1.37. The molecule has 236 valence electrons. The van der Waals surface area contributed by atoms with Gasteiger partial charge in [-0.2, -0.15) is 0 Å². The summed E-state index contributed by atoms with van der Waals surface area (Å²) in [6, 6.07) is 7.67. The molecule has 2 aromatic rings. The monoisotopic (exact) mass is 612 g/mol. The summed E-state index contributed by atoms with van der Waals surface area (Å²) in [4.78, 5) is 34.9. The standard InChI is InChI=1S/C33H48N4O5S/c1-31(2,3)22-8-6-21(7-9-22)29(41)36-30-35-28-23(18-27(40)34-12-13-37-14-16-42-17-15-37)32(4)11-10-26(39)33(5,20-38)25(32)19-24(28)43-30/h6-9,23,25-26,38-39H,10-20H2,1-5H3,(H,34,40)(H,35,36,41)/t23-,25+,26-,32+,33+/m1/s1. The van der Waals surface area contributed by atoms with Crippen molar-refractivity contribution < 1.29 is 24.5 Å². The first kappa shape index (κ1) is 32.0. The number of aromatic nitrogens is 1. The number of aliphatic hydroxyl groups is 2. The van der Waals surface area contributed by atoms with Gasteiger partial charge >= 0.3 is 0 Å². The van der Waals surface area contributed by atoms with Gasteiger partial charge in [0.15, 0.2) is 5.13 Å². The van der Waals surface area contributed by atoms with Crippen molar-refractivity contribution in [3.05, 3.63) is 46.0 Å². The number of amides is 2. The van der Waals surface area contributed by atoms with E-state index in [2.05, 4.69) is 43.2 Å². The average molecular weight is 613 g/mol. The number of nitrogens with zero attached hydrogens (tertiary/aromatic N) is 2. The molecule has 0 bridgehead atoms. The van der Waals surface area contributed by atoms with Crippen molar-refractivity contribution in [3.8, 4) is 0 Å². The van der Waals surface area contributed by atoms with E-state index >= 15 is 0 Å². The molecule has 0 unspecified atom stereocenters.